The number of nitrogens with zero attached hydrogens (tertiary/aromatic N) is 2. The molecule has 0 saturated heterocycles. The monoisotopic (exact) mass is 366 g/mol. The van der Waals surface area contributed by atoms with E-state index in [0.717, 1.165) is 0 Å². The Kier molecular flexibility index (Phi) is 7.00. The summed E-state index contributed by atoms with van der Waals surface area (Å²) < 4.78 is 10.5. The van der Waals surface area contributed by atoms with Crippen molar-refractivity contribution in [1.29, 1.82) is 0 Å². The third-order valence-corrected chi connectivity index (χ3v) is 3.33. The normalized spacial score (nSPS) is 12.1. The summed E-state index contributed by atoms with van der Waals surface area (Å²) >= 11 is 0. The highest BCUT2D eigenvalue weighted by Gasteiger charge is 2.28. The number of rotatable bonds is 5. The predicted molar refractivity (Wildman–Crippen MR) is 95.1 cm³/mol. The topological polar surface area (TPSA) is 96.4 Å². The largest absolute Gasteiger partial charge is 0.481 e. The van der Waals surface area contributed by atoms with Crippen LogP contribution in [0, 0.1) is 0 Å². The number of aliphatic carboxylic acids is 1. The molecule has 0 heterocycles. The number of hydrogen-bond donors (Lipinski definition) is 1. The lowest BCUT2D eigenvalue weighted by atomic mass is 10.0. The first-order valence-corrected chi connectivity index (χ1v) is 8.07. The molecule has 8 heteroatoms. The van der Waals surface area contributed by atoms with Crippen molar-refractivity contribution in [3.63, 3.8) is 0 Å². The number of carboxylic acids is 1. The molecule has 1 aromatic rings. The smallest absolute Gasteiger partial charge is 0.414 e. The Labute approximate surface area is 153 Å². The van der Waals surface area contributed by atoms with Crippen molar-refractivity contribution in [2.24, 2.45) is 0 Å². The van der Waals surface area contributed by atoms with Crippen LogP contribution in [0.15, 0.2) is 24.3 Å². The number of benzene rings is 1. The molecule has 0 spiro atoms. The number of amides is 2. The fourth-order valence-corrected chi connectivity index (χ4v) is 2.08. The van der Waals surface area contributed by atoms with Crippen molar-refractivity contribution in [2.75, 3.05) is 21.1 Å². The van der Waals surface area contributed by atoms with Gasteiger partial charge in [-0.15, -0.1) is 0 Å². The minimum absolute atomic E-state index is 0.258. The first-order chi connectivity index (χ1) is 11.9. The number of carbonyl (C=O) groups is 3. The minimum atomic E-state index is -1.07. The van der Waals surface area contributed by atoms with Gasteiger partial charge in [-0.1, -0.05) is 12.1 Å². The van der Waals surface area contributed by atoms with Crippen molar-refractivity contribution in [3.05, 3.63) is 29.8 Å². The Morgan fingerprint density at radius 1 is 1.12 bits per heavy atom. The summed E-state index contributed by atoms with van der Waals surface area (Å²) in [4.78, 5) is 37.8. The fourth-order valence-electron chi connectivity index (χ4n) is 2.08. The van der Waals surface area contributed by atoms with Crippen LogP contribution in [0.5, 0.6) is 5.75 Å². The van der Waals surface area contributed by atoms with E-state index in [1.54, 1.807) is 53.1 Å². The Morgan fingerprint density at radius 2 is 1.73 bits per heavy atom. The van der Waals surface area contributed by atoms with E-state index >= 15 is 0 Å². The summed E-state index contributed by atoms with van der Waals surface area (Å²) in [5, 5.41) is 9.23. The zero-order valence-corrected chi connectivity index (χ0v) is 16.0. The van der Waals surface area contributed by atoms with Gasteiger partial charge in [-0.3, -0.25) is 4.79 Å². The third kappa shape index (κ3) is 6.62. The Morgan fingerprint density at radius 3 is 2.23 bits per heavy atom. The Hall–Kier alpha value is -2.77. The van der Waals surface area contributed by atoms with E-state index in [1.807, 2.05) is 0 Å². The fraction of sp³-hybridized carbons (Fsp3) is 0.500. The van der Waals surface area contributed by atoms with Crippen LogP contribution in [-0.4, -0.2) is 59.8 Å². The first kappa shape index (κ1) is 21.3. The van der Waals surface area contributed by atoms with Gasteiger partial charge in [0, 0.05) is 21.1 Å². The molecule has 1 unspecified atom stereocenters. The van der Waals surface area contributed by atoms with Gasteiger partial charge in [0.2, 0.25) is 0 Å². The van der Waals surface area contributed by atoms with Crippen LogP contribution < -0.4 is 4.74 Å². The molecule has 0 radical (unpaired) electrons. The Bertz CT molecular complexity index is 666. The average molecular weight is 366 g/mol. The SMILES string of the molecule is CN(C)C(=O)Oc1cccc(C(CC(=O)O)N(C)C(=O)OC(C)(C)C)c1. The van der Waals surface area contributed by atoms with Gasteiger partial charge in [-0.25, -0.2) is 9.59 Å². The molecule has 0 bridgehead atoms. The second-order valence-electron chi connectivity index (χ2n) is 7.04. The van der Waals surface area contributed by atoms with Gasteiger partial charge < -0.3 is 24.4 Å². The van der Waals surface area contributed by atoms with Crippen molar-refractivity contribution in [3.8, 4) is 5.75 Å². The molecule has 1 N–H and O–H groups in total. The highest BCUT2D eigenvalue weighted by Crippen LogP contribution is 2.28. The highest BCUT2D eigenvalue weighted by atomic mass is 16.6. The first-order valence-electron chi connectivity index (χ1n) is 8.07. The molecule has 0 aliphatic carbocycles. The zero-order chi connectivity index (χ0) is 20.1. The zero-order valence-electron chi connectivity index (χ0n) is 16.0. The molecule has 0 aliphatic rings. The molecule has 0 aliphatic heterocycles. The maximum atomic E-state index is 12.3. The predicted octanol–water partition coefficient (Wildman–Crippen LogP) is 3.13. The van der Waals surface area contributed by atoms with Crippen LogP contribution in [-0.2, 0) is 9.53 Å². The number of carboxylic acid groups (broad SMARTS) is 1. The molecule has 1 aromatic carbocycles. The molecule has 0 fully saturated rings. The molecular weight excluding hydrogens is 340 g/mol. The number of carbonyl (C=O) groups excluding carboxylic acids is 2. The summed E-state index contributed by atoms with van der Waals surface area (Å²) in [5.74, 6) is -0.810. The van der Waals surface area contributed by atoms with Crippen molar-refractivity contribution >= 4 is 18.2 Å². The molecule has 1 atom stereocenters. The molecule has 26 heavy (non-hydrogen) atoms. The maximum absolute atomic E-state index is 12.3. The van der Waals surface area contributed by atoms with E-state index in [9.17, 15) is 19.5 Å². The van der Waals surface area contributed by atoms with Crippen LogP contribution in [0.4, 0.5) is 9.59 Å². The van der Waals surface area contributed by atoms with Crippen LogP contribution in [0.3, 0.4) is 0 Å². The van der Waals surface area contributed by atoms with Gasteiger partial charge in [0.05, 0.1) is 12.5 Å². The van der Waals surface area contributed by atoms with E-state index in [0.29, 0.717) is 5.56 Å². The van der Waals surface area contributed by atoms with E-state index in [2.05, 4.69) is 0 Å². The standard InChI is InChI=1S/C18H26N2O6/c1-18(2,3)26-17(24)20(6)14(11-15(21)22)12-8-7-9-13(10-12)25-16(23)19(4)5/h7-10,14H,11H2,1-6H3,(H,21,22). The Balaban J connectivity index is 3.11. The van der Waals surface area contributed by atoms with Gasteiger partial charge >= 0.3 is 18.2 Å². The molecule has 1 rings (SSSR count). The van der Waals surface area contributed by atoms with Crippen LogP contribution in [0.25, 0.3) is 0 Å². The average Bonchev–Trinajstić information content (AvgIpc) is 2.50. The molecular formula is C18H26N2O6. The molecule has 0 saturated carbocycles. The molecule has 0 aromatic heterocycles. The third-order valence-electron chi connectivity index (χ3n) is 3.33. The van der Waals surface area contributed by atoms with Crippen LogP contribution in [0.1, 0.15) is 38.8 Å². The summed E-state index contributed by atoms with van der Waals surface area (Å²) in [5.41, 5.74) is -0.188. The maximum Gasteiger partial charge on any atom is 0.414 e. The van der Waals surface area contributed by atoms with Crippen molar-refractivity contribution in [1.82, 2.24) is 9.80 Å². The second kappa shape index (κ2) is 8.55. The van der Waals surface area contributed by atoms with Gasteiger partial charge in [0.15, 0.2) is 0 Å². The summed E-state index contributed by atoms with van der Waals surface area (Å²) in [6.07, 6.45) is -1.52. The van der Waals surface area contributed by atoms with Crippen LogP contribution >= 0.6 is 0 Å². The summed E-state index contributed by atoms with van der Waals surface area (Å²) in [6, 6.07) is 5.64. The quantitative estimate of drug-likeness (QED) is 0.860. The van der Waals surface area contributed by atoms with Gasteiger partial charge in [0.1, 0.15) is 11.4 Å². The molecule has 8 nitrogen and oxygen atoms in total. The highest BCUT2D eigenvalue weighted by molar-refractivity contribution is 5.73. The van der Waals surface area contributed by atoms with E-state index in [1.165, 1.54) is 22.9 Å². The lowest BCUT2D eigenvalue weighted by molar-refractivity contribution is -0.138. The van der Waals surface area contributed by atoms with Crippen molar-refractivity contribution < 1.29 is 29.0 Å². The number of hydrogen-bond acceptors (Lipinski definition) is 5. The van der Waals surface area contributed by atoms with E-state index in [4.69, 9.17) is 9.47 Å². The van der Waals surface area contributed by atoms with Crippen LogP contribution in [0.2, 0.25) is 0 Å². The van der Waals surface area contributed by atoms with Crippen molar-refractivity contribution in [2.45, 2.75) is 38.8 Å². The lowest BCUT2D eigenvalue weighted by Gasteiger charge is -2.30. The number of ether oxygens (including phenoxy) is 2. The molecule has 144 valence electrons. The van der Waals surface area contributed by atoms with Gasteiger partial charge in [-0.2, -0.15) is 0 Å². The lowest BCUT2D eigenvalue weighted by Crippen LogP contribution is -2.37. The van der Waals surface area contributed by atoms with E-state index in [-0.39, 0.29) is 12.2 Å². The summed E-state index contributed by atoms with van der Waals surface area (Å²) in [7, 11) is 4.57. The minimum Gasteiger partial charge on any atom is -0.481 e. The van der Waals surface area contributed by atoms with E-state index < -0.39 is 29.8 Å². The van der Waals surface area contributed by atoms with Gasteiger partial charge in [0.25, 0.3) is 0 Å². The van der Waals surface area contributed by atoms with Gasteiger partial charge in [-0.05, 0) is 38.5 Å². The second-order valence-corrected chi connectivity index (χ2v) is 7.04. The summed E-state index contributed by atoms with van der Waals surface area (Å²) in [6.45, 7) is 5.19. The molecule has 2 amide bonds.